The van der Waals surface area contributed by atoms with Crippen LogP contribution in [0.3, 0.4) is 0 Å². The number of nitrogens with zero attached hydrogens (tertiary/aromatic N) is 2. The zero-order valence-corrected chi connectivity index (χ0v) is 12.4. The van der Waals surface area contributed by atoms with E-state index in [1.807, 2.05) is 19.1 Å². The molecule has 1 fully saturated rings. The predicted octanol–water partition coefficient (Wildman–Crippen LogP) is 0.667. The van der Waals surface area contributed by atoms with Gasteiger partial charge < -0.3 is 14.8 Å². The van der Waals surface area contributed by atoms with Crippen LogP contribution in [0.15, 0.2) is 21.7 Å². The smallest absolute Gasteiger partial charge is 0.326 e. The number of hydrogen-bond donors (Lipinski definition) is 2. The predicted molar refractivity (Wildman–Crippen MR) is 84.3 cm³/mol. The van der Waals surface area contributed by atoms with Crippen molar-refractivity contribution in [3.8, 4) is 0 Å². The molecule has 0 radical (unpaired) electrons. The molecule has 3 rings (SSSR count). The van der Waals surface area contributed by atoms with Crippen molar-refractivity contribution in [3.05, 3.63) is 38.5 Å². The van der Waals surface area contributed by atoms with Gasteiger partial charge in [0.05, 0.1) is 10.9 Å². The second kappa shape index (κ2) is 5.37. The van der Waals surface area contributed by atoms with Crippen molar-refractivity contribution in [2.45, 2.75) is 13.8 Å². The van der Waals surface area contributed by atoms with E-state index in [4.69, 9.17) is 0 Å². The monoisotopic (exact) mass is 288 g/mol. The molecule has 0 atom stereocenters. The standard InChI is InChI=1S/C15H20N4O2/c1-3-18-4-6-19(7-5-18)13-9-11-12(8-10(13)2)16-15(21)17-14(11)20/h8-9H,3-7H2,1-2H3,(H2,16,17,20,21). The molecular formula is C15H20N4O2. The van der Waals surface area contributed by atoms with Crippen molar-refractivity contribution in [1.82, 2.24) is 14.9 Å². The van der Waals surface area contributed by atoms with Crippen molar-refractivity contribution in [2.24, 2.45) is 0 Å². The summed E-state index contributed by atoms with van der Waals surface area (Å²) in [6.45, 7) is 9.26. The lowest BCUT2D eigenvalue weighted by Crippen LogP contribution is -2.46. The van der Waals surface area contributed by atoms with Crippen LogP contribution in [-0.2, 0) is 0 Å². The molecule has 0 unspecified atom stereocenters. The van der Waals surface area contributed by atoms with E-state index in [0.29, 0.717) is 10.9 Å². The van der Waals surface area contributed by atoms with Gasteiger partial charge in [-0.25, -0.2) is 4.79 Å². The highest BCUT2D eigenvalue weighted by Crippen LogP contribution is 2.24. The first kappa shape index (κ1) is 13.9. The molecule has 0 aliphatic carbocycles. The second-order valence-electron chi connectivity index (χ2n) is 5.51. The number of piperazine rings is 1. The largest absolute Gasteiger partial charge is 0.369 e. The summed E-state index contributed by atoms with van der Waals surface area (Å²) in [6, 6.07) is 3.77. The number of nitrogens with one attached hydrogen (secondary N) is 2. The molecule has 6 heteroatoms. The number of rotatable bonds is 2. The van der Waals surface area contributed by atoms with Crippen LogP contribution in [0, 0.1) is 6.92 Å². The minimum absolute atomic E-state index is 0.331. The first-order valence-electron chi connectivity index (χ1n) is 7.32. The summed E-state index contributed by atoms with van der Waals surface area (Å²) in [5.74, 6) is 0. The third kappa shape index (κ3) is 2.58. The molecule has 0 saturated carbocycles. The highest BCUT2D eigenvalue weighted by molar-refractivity contribution is 5.83. The van der Waals surface area contributed by atoms with Crippen molar-refractivity contribution in [2.75, 3.05) is 37.6 Å². The molecule has 1 aliphatic heterocycles. The Kier molecular flexibility index (Phi) is 3.55. The Labute approximate surface area is 122 Å². The maximum Gasteiger partial charge on any atom is 0.326 e. The summed E-state index contributed by atoms with van der Waals surface area (Å²) < 4.78 is 0. The lowest BCUT2D eigenvalue weighted by molar-refractivity contribution is 0.271. The molecular weight excluding hydrogens is 268 g/mol. The molecule has 112 valence electrons. The fourth-order valence-electron chi connectivity index (χ4n) is 2.96. The van der Waals surface area contributed by atoms with Crippen LogP contribution in [0.1, 0.15) is 12.5 Å². The van der Waals surface area contributed by atoms with Gasteiger partial charge in [-0.1, -0.05) is 6.92 Å². The van der Waals surface area contributed by atoms with Gasteiger partial charge in [0.15, 0.2) is 0 Å². The summed E-state index contributed by atoms with van der Waals surface area (Å²) in [6.07, 6.45) is 0. The van der Waals surface area contributed by atoms with Gasteiger partial charge in [-0.05, 0) is 31.2 Å². The fraction of sp³-hybridized carbons (Fsp3) is 0.467. The second-order valence-corrected chi connectivity index (χ2v) is 5.51. The Hall–Kier alpha value is -2.08. The van der Waals surface area contributed by atoms with E-state index < -0.39 is 5.69 Å². The SMILES string of the molecule is CCN1CCN(c2cc3c(=O)[nH]c(=O)[nH]c3cc2C)CC1. The molecule has 1 aliphatic rings. The Bertz CT molecular complexity index is 769. The van der Waals surface area contributed by atoms with E-state index in [2.05, 4.69) is 26.7 Å². The molecule has 2 aromatic rings. The number of hydrogen-bond acceptors (Lipinski definition) is 4. The van der Waals surface area contributed by atoms with Crippen LogP contribution in [0.2, 0.25) is 0 Å². The van der Waals surface area contributed by atoms with Crippen molar-refractivity contribution >= 4 is 16.6 Å². The van der Waals surface area contributed by atoms with Gasteiger partial charge in [0.2, 0.25) is 0 Å². The zero-order chi connectivity index (χ0) is 15.0. The molecule has 2 heterocycles. The van der Waals surface area contributed by atoms with Gasteiger partial charge in [-0.2, -0.15) is 0 Å². The van der Waals surface area contributed by atoms with Gasteiger partial charge in [0.1, 0.15) is 0 Å². The van der Waals surface area contributed by atoms with E-state index in [-0.39, 0.29) is 5.56 Å². The average molecular weight is 288 g/mol. The first-order chi connectivity index (χ1) is 10.1. The Morgan fingerprint density at radius 3 is 2.48 bits per heavy atom. The number of anilines is 1. The summed E-state index contributed by atoms with van der Waals surface area (Å²) in [5.41, 5.74) is 1.96. The van der Waals surface area contributed by atoms with Crippen LogP contribution >= 0.6 is 0 Å². The van der Waals surface area contributed by atoms with E-state index in [1.54, 1.807) is 0 Å². The summed E-state index contributed by atoms with van der Waals surface area (Å²) in [4.78, 5) is 33.0. The first-order valence-corrected chi connectivity index (χ1v) is 7.32. The van der Waals surface area contributed by atoms with Gasteiger partial charge >= 0.3 is 5.69 Å². The molecule has 0 bridgehead atoms. The number of H-pyrrole nitrogens is 2. The zero-order valence-electron chi connectivity index (χ0n) is 12.4. The molecule has 6 nitrogen and oxygen atoms in total. The molecule has 0 spiro atoms. The van der Waals surface area contributed by atoms with E-state index in [0.717, 1.165) is 44.0 Å². The number of benzene rings is 1. The highest BCUT2D eigenvalue weighted by atomic mass is 16.2. The molecule has 1 saturated heterocycles. The third-order valence-electron chi connectivity index (χ3n) is 4.22. The molecule has 1 aromatic carbocycles. The minimum Gasteiger partial charge on any atom is -0.369 e. The van der Waals surface area contributed by atoms with Gasteiger partial charge in [-0.3, -0.25) is 9.78 Å². The van der Waals surface area contributed by atoms with E-state index in [1.165, 1.54) is 0 Å². The molecule has 21 heavy (non-hydrogen) atoms. The van der Waals surface area contributed by atoms with Crippen LogP contribution in [0.4, 0.5) is 5.69 Å². The van der Waals surface area contributed by atoms with E-state index >= 15 is 0 Å². The minimum atomic E-state index is -0.462. The highest BCUT2D eigenvalue weighted by Gasteiger charge is 2.18. The topological polar surface area (TPSA) is 72.2 Å². The summed E-state index contributed by atoms with van der Waals surface area (Å²) in [5, 5.41) is 0.535. The number of aromatic amines is 2. The van der Waals surface area contributed by atoms with Crippen LogP contribution < -0.4 is 16.1 Å². The quantitative estimate of drug-likeness (QED) is 0.852. The Morgan fingerprint density at radius 1 is 1.10 bits per heavy atom. The number of fused-ring (bicyclic) bond motifs is 1. The van der Waals surface area contributed by atoms with E-state index in [9.17, 15) is 9.59 Å². The van der Waals surface area contributed by atoms with Crippen molar-refractivity contribution in [3.63, 3.8) is 0 Å². The number of aryl methyl sites for hydroxylation is 1. The van der Waals surface area contributed by atoms with Crippen LogP contribution in [-0.4, -0.2) is 47.6 Å². The lowest BCUT2D eigenvalue weighted by atomic mass is 10.1. The third-order valence-corrected chi connectivity index (χ3v) is 4.22. The summed E-state index contributed by atoms with van der Waals surface area (Å²) >= 11 is 0. The summed E-state index contributed by atoms with van der Waals surface area (Å²) in [7, 11) is 0. The van der Waals surface area contributed by atoms with Crippen LogP contribution in [0.25, 0.3) is 10.9 Å². The van der Waals surface area contributed by atoms with Gasteiger partial charge in [0, 0.05) is 31.9 Å². The van der Waals surface area contributed by atoms with Gasteiger partial charge in [-0.15, -0.1) is 0 Å². The normalized spacial score (nSPS) is 16.6. The van der Waals surface area contributed by atoms with Crippen molar-refractivity contribution in [1.29, 1.82) is 0 Å². The van der Waals surface area contributed by atoms with Crippen molar-refractivity contribution < 1.29 is 0 Å². The molecule has 0 amide bonds. The number of aromatic nitrogens is 2. The maximum atomic E-state index is 11.9. The van der Waals surface area contributed by atoms with Gasteiger partial charge in [0.25, 0.3) is 5.56 Å². The maximum absolute atomic E-state index is 11.9. The number of likely N-dealkylation sites (N-methyl/N-ethyl adjacent to an activating group) is 1. The Morgan fingerprint density at radius 2 is 1.81 bits per heavy atom. The average Bonchev–Trinajstić information content (AvgIpc) is 2.46. The lowest BCUT2D eigenvalue weighted by Gasteiger charge is -2.36. The Balaban J connectivity index is 2.02. The molecule has 2 N–H and O–H groups in total. The fourth-order valence-corrected chi connectivity index (χ4v) is 2.96. The van der Waals surface area contributed by atoms with Crippen LogP contribution in [0.5, 0.6) is 0 Å². The molecule has 1 aromatic heterocycles.